The van der Waals surface area contributed by atoms with Gasteiger partial charge in [-0.3, -0.25) is 9.59 Å². The number of anilines is 1. The Hall–Kier alpha value is -3.07. The minimum atomic E-state index is -5.15. The van der Waals surface area contributed by atoms with Crippen molar-refractivity contribution in [2.75, 3.05) is 5.32 Å². The zero-order valence-corrected chi connectivity index (χ0v) is 12.0. The van der Waals surface area contributed by atoms with E-state index in [4.69, 9.17) is 10.5 Å². The highest BCUT2D eigenvalue weighted by molar-refractivity contribution is 5.99. The van der Waals surface area contributed by atoms with Crippen molar-refractivity contribution in [3.63, 3.8) is 0 Å². The van der Waals surface area contributed by atoms with Crippen LogP contribution >= 0.6 is 0 Å². The van der Waals surface area contributed by atoms with Gasteiger partial charge in [-0.05, 0) is 25.1 Å². The molecular formula is C14H10F3N3O3. The van der Waals surface area contributed by atoms with Crippen LogP contribution in [0.5, 0.6) is 0 Å². The molecular weight excluding hydrogens is 315 g/mol. The zero-order chi connectivity index (χ0) is 17.8. The van der Waals surface area contributed by atoms with Crippen molar-refractivity contribution >= 4 is 17.6 Å². The molecule has 0 heterocycles. The fraction of sp³-hybridized carbons (Fsp3) is 0.286. The van der Waals surface area contributed by atoms with Gasteiger partial charge in [0.05, 0.1) is 11.1 Å². The molecule has 1 unspecified atom stereocenters. The molecule has 0 aromatic heterocycles. The van der Waals surface area contributed by atoms with Gasteiger partial charge in [0.2, 0.25) is 0 Å². The van der Waals surface area contributed by atoms with E-state index in [1.807, 2.05) is 5.32 Å². The van der Waals surface area contributed by atoms with E-state index in [9.17, 15) is 22.8 Å². The lowest BCUT2D eigenvalue weighted by atomic mass is 10.0. The van der Waals surface area contributed by atoms with Gasteiger partial charge in [0.1, 0.15) is 12.1 Å². The summed E-state index contributed by atoms with van der Waals surface area (Å²) in [5, 5.41) is 19.5. The number of hydrogen-bond acceptors (Lipinski definition) is 5. The first kappa shape index (κ1) is 18.0. The Bertz CT molecular complexity index is 731. The molecule has 0 spiro atoms. The van der Waals surface area contributed by atoms with Crippen molar-refractivity contribution in [3.05, 3.63) is 29.3 Å². The van der Waals surface area contributed by atoms with Crippen molar-refractivity contribution in [2.24, 2.45) is 0 Å². The van der Waals surface area contributed by atoms with E-state index in [1.165, 1.54) is 6.07 Å². The van der Waals surface area contributed by atoms with Crippen LogP contribution in [0.3, 0.4) is 0 Å². The summed E-state index contributed by atoms with van der Waals surface area (Å²) in [5.41, 5.74) is -3.65. The van der Waals surface area contributed by atoms with Crippen molar-refractivity contribution in [1.29, 1.82) is 10.5 Å². The lowest BCUT2D eigenvalue weighted by molar-refractivity contribution is -0.253. The molecule has 0 aliphatic rings. The highest BCUT2D eigenvalue weighted by Gasteiger charge is 2.60. The first-order chi connectivity index (χ1) is 10.5. The van der Waals surface area contributed by atoms with Gasteiger partial charge in [0, 0.05) is 12.6 Å². The van der Waals surface area contributed by atoms with Crippen LogP contribution in [-0.4, -0.2) is 23.7 Å². The predicted octanol–water partition coefficient (Wildman–Crippen LogP) is 2.25. The number of carbonyl (C=O) groups is 2. The average Bonchev–Trinajstić information content (AvgIpc) is 2.44. The summed E-state index contributed by atoms with van der Waals surface area (Å²) in [4.78, 5) is 22.8. The smallest absolute Gasteiger partial charge is 0.437 e. The van der Waals surface area contributed by atoms with E-state index in [0.717, 1.165) is 19.1 Å². The summed E-state index contributed by atoms with van der Waals surface area (Å²) in [6.07, 6.45) is -5.15. The van der Waals surface area contributed by atoms with E-state index in [1.54, 1.807) is 12.1 Å². The van der Waals surface area contributed by atoms with Gasteiger partial charge in [-0.15, -0.1) is 0 Å². The number of nitriles is 2. The van der Waals surface area contributed by atoms with Gasteiger partial charge in [0.25, 0.3) is 11.5 Å². The molecule has 1 aromatic rings. The number of benzene rings is 1. The maximum atomic E-state index is 13.0. The van der Waals surface area contributed by atoms with Crippen LogP contribution in [0.15, 0.2) is 18.2 Å². The second-order valence-corrected chi connectivity index (χ2v) is 4.56. The van der Waals surface area contributed by atoms with E-state index >= 15 is 0 Å². The third kappa shape index (κ3) is 3.77. The Balaban J connectivity index is 3.17. The maximum absolute atomic E-state index is 13.0. The van der Waals surface area contributed by atoms with Crippen molar-refractivity contribution in [2.45, 2.75) is 25.6 Å². The summed E-state index contributed by atoms with van der Waals surface area (Å²) in [7, 11) is 0. The zero-order valence-electron chi connectivity index (χ0n) is 12.0. The third-order valence-corrected chi connectivity index (χ3v) is 2.84. The normalized spacial score (nSPS) is 13.2. The predicted molar refractivity (Wildman–Crippen MR) is 70.7 cm³/mol. The fourth-order valence-corrected chi connectivity index (χ4v) is 1.58. The van der Waals surface area contributed by atoms with Crippen LogP contribution in [0.25, 0.3) is 0 Å². The summed E-state index contributed by atoms with van der Waals surface area (Å²) in [6, 6.07) is 6.77. The third-order valence-electron chi connectivity index (χ3n) is 2.84. The number of halogens is 3. The second-order valence-electron chi connectivity index (χ2n) is 4.56. The van der Waals surface area contributed by atoms with Gasteiger partial charge < -0.3 is 10.1 Å². The number of ether oxygens (including phenoxy) is 1. The molecule has 120 valence electrons. The molecule has 0 aliphatic heterocycles. The number of nitrogens with one attached hydrogen (secondary N) is 1. The number of rotatable bonds is 3. The van der Waals surface area contributed by atoms with E-state index < -0.39 is 23.7 Å². The van der Waals surface area contributed by atoms with Crippen molar-refractivity contribution in [1.82, 2.24) is 0 Å². The number of alkyl halides is 3. The SMILES string of the molecule is CC(=O)OC(C)(C(=O)Nc1ccc(C#N)c(C#N)c1)C(F)(F)F. The van der Waals surface area contributed by atoms with Crippen LogP contribution in [0.1, 0.15) is 25.0 Å². The van der Waals surface area contributed by atoms with Gasteiger partial charge in [-0.1, -0.05) is 0 Å². The molecule has 23 heavy (non-hydrogen) atoms. The largest absolute Gasteiger partial charge is 0.439 e. The lowest BCUT2D eigenvalue weighted by Crippen LogP contribution is -2.55. The number of amides is 1. The molecule has 6 nitrogen and oxygen atoms in total. The van der Waals surface area contributed by atoms with Crippen LogP contribution in [0.2, 0.25) is 0 Å². The Morgan fingerprint density at radius 2 is 1.74 bits per heavy atom. The molecule has 0 saturated carbocycles. The number of hydrogen-bond donors (Lipinski definition) is 1. The summed E-state index contributed by atoms with van der Waals surface area (Å²) < 4.78 is 43.3. The summed E-state index contributed by atoms with van der Waals surface area (Å²) in [5.74, 6) is -2.91. The second kappa shape index (κ2) is 6.36. The quantitative estimate of drug-likeness (QED) is 0.859. The van der Waals surface area contributed by atoms with Crippen LogP contribution in [0, 0.1) is 22.7 Å². The van der Waals surface area contributed by atoms with E-state index in [2.05, 4.69) is 4.74 Å². The number of carbonyl (C=O) groups excluding carboxylic acids is 2. The minimum Gasteiger partial charge on any atom is -0.439 e. The Morgan fingerprint density at radius 3 is 2.17 bits per heavy atom. The summed E-state index contributed by atoms with van der Waals surface area (Å²) in [6.45, 7) is 1.16. The monoisotopic (exact) mass is 325 g/mol. The van der Waals surface area contributed by atoms with Gasteiger partial charge >= 0.3 is 12.1 Å². The first-order valence-corrected chi connectivity index (χ1v) is 6.07. The number of esters is 1. The maximum Gasteiger partial charge on any atom is 0.437 e. The Labute approximate surface area is 129 Å². The van der Waals surface area contributed by atoms with Gasteiger partial charge in [-0.2, -0.15) is 23.7 Å². The van der Waals surface area contributed by atoms with Crippen LogP contribution < -0.4 is 5.32 Å². The summed E-state index contributed by atoms with van der Waals surface area (Å²) >= 11 is 0. The molecule has 0 aliphatic carbocycles. The molecule has 1 aromatic carbocycles. The van der Waals surface area contributed by atoms with Crippen molar-refractivity contribution in [3.8, 4) is 12.1 Å². The minimum absolute atomic E-state index is 0.00377. The van der Waals surface area contributed by atoms with E-state index in [-0.39, 0.29) is 16.8 Å². The molecule has 1 atom stereocenters. The number of nitrogens with zero attached hydrogens (tertiary/aromatic N) is 2. The van der Waals surface area contributed by atoms with E-state index in [0.29, 0.717) is 6.92 Å². The lowest BCUT2D eigenvalue weighted by Gasteiger charge is -2.29. The van der Waals surface area contributed by atoms with Crippen LogP contribution in [-0.2, 0) is 14.3 Å². The topological polar surface area (TPSA) is 103 Å². The molecule has 0 bridgehead atoms. The van der Waals surface area contributed by atoms with Crippen molar-refractivity contribution < 1.29 is 27.5 Å². The molecule has 1 rings (SSSR count). The molecule has 0 fully saturated rings. The van der Waals surface area contributed by atoms with Crippen LogP contribution in [0.4, 0.5) is 18.9 Å². The molecule has 1 amide bonds. The Kier molecular flexibility index (Phi) is 4.97. The first-order valence-electron chi connectivity index (χ1n) is 6.07. The average molecular weight is 325 g/mol. The highest BCUT2D eigenvalue weighted by atomic mass is 19.4. The Morgan fingerprint density at radius 1 is 1.17 bits per heavy atom. The van der Waals surface area contributed by atoms with Gasteiger partial charge in [0.15, 0.2) is 0 Å². The van der Waals surface area contributed by atoms with Gasteiger partial charge in [-0.25, -0.2) is 0 Å². The molecule has 0 radical (unpaired) electrons. The standard InChI is InChI=1S/C14H10F3N3O3/c1-8(21)23-13(2,14(15,16)17)12(22)20-11-4-3-9(6-18)10(5-11)7-19/h3-5H,1-2H3,(H,20,22). The molecule has 9 heteroatoms. The fourth-order valence-electron chi connectivity index (χ4n) is 1.58. The highest BCUT2D eigenvalue weighted by Crippen LogP contribution is 2.34. The molecule has 1 N–H and O–H groups in total. The molecule has 0 saturated heterocycles.